The van der Waals surface area contributed by atoms with Crippen LogP contribution in [0.3, 0.4) is 0 Å². The molecule has 1 aliphatic rings. The Labute approximate surface area is 265 Å². The second-order valence-electron chi connectivity index (χ2n) is 12.9. The fraction of sp³-hybridized carbons (Fsp3) is 0.0698. The van der Waals surface area contributed by atoms with E-state index >= 15 is 0 Å². The molecule has 0 aliphatic heterocycles. The first-order valence-corrected chi connectivity index (χ1v) is 15.9. The third-order valence-corrected chi connectivity index (χ3v) is 10.0. The number of rotatable bonds is 3. The Morgan fingerprint density at radius 3 is 2.04 bits per heavy atom. The molecular weight excluding hydrogens is 562 g/mol. The highest BCUT2D eigenvalue weighted by Gasteiger charge is 2.39. The largest absolute Gasteiger partial charge is 0.455 e. The fourth-order valence-electron chi connectivity index (χ4n) is 8.04. The molecule has 3 heteroatoms. The van der Waals surface area contributed by atoms with Gasteiger partial charge in [-0.05, 0) is 69.9 Å². The van der Waals surface area contributed by atoms with Crippen LogP contribution in [-0.2, 0) is 5.41 Å². The predicted octanol–water partition coefficient (Wildman–Crippen LogP) is 12.4. The molecule has 2 aromatic heterocycles. The summed E-state index contributed by atoms with van der Waals surface area (Å²) < 4.78 is 13.4. The minimum Gasteiger partial charge on any atom is -0.455 e. The molecule has 0 amide bonds. The molecule has 0 N–H and O–H groups in total. The van der Waals surface area contributed by atoms with Gasteiger partial charge < -0.3 is 13.7 Å². The van der Waals surface area contributed by atoms with E-state index in [1.807, 2.05) is 12.1 Å². The van der Waals surface area contributed by atoms with Crippen molar-refractivity contribution in [2.24, 2.45) is 0 Å². The van der Waals surface area contributed by atoms with E-state index in [4.69, 9.17) is 8.83 Å². The van der Waals surface area contributed by atoms with Gasteiger partial charge in [0.2, 0.25) is 0 Å². The second kappa shape index (κ2) is 9.12. The fourth-order valence-corrected chi connectivity index (χ4v) is 8.04. The summed E-state index contributed by atoms with van der Waals surface area (Å²) in [5.41, 5.74) is 11.7. The standard InChI is InChI=1S/C43H29NO2/c1-43(2)34-20-10-8-18-32(34)39-40(43)30-17-7-6-16-29(30)38-33-25-27(23-24-37(33)46-42(38)39)44(26-13-4-3-5-14-26)35-21-12-19-31-28-15-9-11-22-36(28)45-41(31)35/h3-25H,1-2H3. The van der Waals surface area contributed by atoms with E-state index < -0.39 is 0 Å². The summed E-state index contributed by atoms with van der Waals surface area (Å²) in [5, 5.41) is 6.99. The summed E-state index contributed by atoms with van der Waals surface area (Å²) >= 11 is 0. The van der Waals surface area contributed by atoms with Gasteiger partial charge in [0.05, 0.1) is 5.69 Å². The monoisotopic (exact) mass is 591 g/mol. The smallest absolute Gasteiger partial charge is 0.159 e. The van der Waals surface area contributed by atoms with Crippen molar-refractivity contribution in [2.45, 2.75) is 19.3 Å². The van der Waals surface area contributed by atoms with Crippen LogP contribution in [0.25, 0.3) is 65.8 Å². The highest BCUT2D eigenvalue weighted by molar-refractivity contribution is 6.25. The highest BCUT2D eigenvalue weighted by Crippen LogP contribution is 2.56. The summed E-state index contributed by atoms with van der Waals surface area (Å²) in [7, 11) is 0. The Balaban J connectivity index is 1.30. The summed E-state index contributed by atoms with van der Waals surface area (Å²) in [6, 6.07) is 49.5. The van der Waals surface area contributed by atoms with Crippen molar-refractivity contribution < 1.29 is 8.83 Å². The molecule has 10 rings (SSSR count). The molecule has 0 fully saturated rings. The third kappa shape index (κ3) is 3.32. The quantitative estimate of drug-likeness (QED) is 0.205. The van der Waals surface area contributed by atoms with Gasteiger partial charge in [0.15, 0.2) is 5.58 Å². The van der Waals surface area contributed by atoms with Crippen LogP contribution in [0.5, 0.6) is 0 Å². The van der Waals surface area contributed by atoms with Gasteiger partial charge in [-0.3, -0.25) is 0 Å². The molecule has 218 valence electrons. The van der Waals surface area contributed by atoms with E-state index in [9.17, 15) is 0 Å². The topological polar surface area (TPSA) is 29.5 Å². The van der Waals surface area contributed by atoms with Gasteiger partial charge >= 0.3 is 0 Å². The second-order valence-corrected chi connectivity index (χ2v) is 12.9. The zero-order chi connectivity index (χ0) is 30.6. The average molecular weight is 592 g/mol. The first kappa shape index (κ1) is 25.5. The number of benzene rings is 7. The first-order chi connectivity index (χ1) is 22.6. The molecule has 46 heavy (non-hydrogen) atoms. The summed E-state index contributed by atoms with van der Waals surface area (Å²) in [6.45, 7) is 4.68. The van der Waals surface area contributed by atoms with Gasteiger partial charge in [0, 0.05) is 43.9 Å². The van der Waals surface area contributed by atoms with Crippen molar-refractivity contribution in [1.82, 2.24) is 0 Å². The summed E-state index contributed by atoms with van der Waals surface area (Å²) in [6.07, 6.45) is 0. The number of furan rings is 2. The third-order valence-electron chi connectivity index (χ3n) is 10.0. The molecule has 0 unspecified atom stereocenters. The first-order valence-electron chi connectivity index (χ1n) is 15.9. The summed E-state index contributed by atoms with van der Waals surface area (Å²) in [4.78, 5) is 2.30. The number of hydrogen-bond donors (Lipinski definition) is 0. The van der Waals surface area contributed by atoms with Gasteiger partial charge in [-0.25, -0.2) is 0 Å². The van der Waals surface area contributed by atoms with Crippen LogP contribution < -0.4 is 4.90 Å². The van der Waals surface area contributed by atoms with E-state index in [-0.39, 0.29) is 5.41 Å². The number of anilines is 3. The van der Waals surface area contributed by atoms with Gasteiger partial charge in [-0.15, -0.1) is 0 Å². The van der Waals surface area contributed by atoms with E-state index in [0.29, 0.717) is 0 Å². The molecule has 7 aromatic carbocycles. The maximum Gasteiger partial charge on any atom is 0.159 e. The molecule has 3 nitrogen and oxygen atoms in total. The average Bonchev–Trinajstić information content (AvgIpc) is 3.74. The lowest BCUT2D eigenvalue weighted by Gasteiger charge is -2.25. The van der Waals surface area contributed by atoms with Crippen molar-refractivity contribution in [3.8, 4) is 11.1 Å². The lowest BCUT2D eigenvalue weighted by Crippen LogP contribution is -2.15. The molecule has 9 aromatic rings. The van der Waals surface area contributed by atoms with E-state index in [0.717, 1.165) is 60.9 Å². The molecule has 0 atom stereocenters. The van der Waals surface area contributed by atoms with Gasteiger partial charge in [-0.2, -0.15) is 0 Å². The van der Waals surface area contributed by atoms with Gasteiger partial charge in [0.25, 0.3) is 0 Å². The Bertz CT molecular complexity index is 2670. The van der Waals surface area contributed by atoms with E-state index in [1.54, 1.807) is 0 Å². The molecule has 0 bridgehead atoms. The van der Waals surface area contributed by atoms with Crippen LogP contribution in [-0.4, -0.2) is 0 Å². The highest BCUT2D eigenvalue weighted by atomic mass is 16.3. The lowest BCUT2D eigenvalue weighted by molar-refractivity contribution is 0.657. The van der Waals surface area contributed by atoms with Crippen molar-refractivity contribution in [3.63, 3.8) is 0 Å². The zero-order valence-corrected chi connectivity index (χ0v) is 25.5. The van der Waals surface area contributed by atoms with Crippen LogP contribution in [0.15, 0.2) is 148 Å². The molecular formula is C43H29NO2. The van der Waals surface area contributed by atoms with Crippen molar-refractivity contribution in [1.29, 1.82) is 0 Å². The maximum absolute atomic E-state index is 6.87. The minimum absolute atomic E-state index is 0.140. The number of hydrogen-bond acceptors (Lipinski definition) is 3. The maximum atomic E-state index is 6.87. The molecule has 0 saturated carbocycles. The lowest BCUT2D eigenvalue weighted by atomic mass is 9.79. The van der Waals surface area contributed by atoms with Gasteiger partial charge in [0.1, 0.15) is 16.7 Å². The van der Waals surface area contributed by atoms with Crippen LogP contribution in [0, 0.1) is 0 Å². The Hall–Kier alpha value is -5.80. The Morgan fingerprint density at radius 1 is 0.500 bits per heavy atom. The molecule has 0 saturated heterocycles. The van der Waals surface area contributed by atoms with Crippen LogP contribution >= 0.6 is 0 Å². The Morgan fingerprint density at radius 2 is 1.17 bits per heavy atom. The van der Waals surface area contributed by atoms with Crippen molar-refractivity contribution >= 4 is 71.7 Å². The SMILES string of the molecule is CC1(C)c2ccccc2-c2c1c1ccccc1c1c2oc2ccc(N(c3ccccc3)c3cccc4c3oc3ccccc34)cc21. The normalized spacial score (nSPS) is 13.6. The predicted molar refractivity (Wildman–Crippen MR) is 191 cm³/mol. The molecule has 0 radical (unpaired) electrons. The van der Waals surface area contributed by atoms with Crippen LogP contribution in [0.4, 0.5) is 17.1 Å². The number of para-hydroxylation sites is 3. The number of fused-ring (bicyclic) bond motifs is 13. The van der Waals surface area contributed by atoms with E-state index in [1.165, 1.54) is 33.0 Å². The Kier molecular flexibility index (Phi) is 5.06. The number of nitrogens with zero attached hydrogens (tertiary/aromatic N) is 1. The zero-order valence-electron chi connectivity index (χ0n) is 25.5. The van der Waals surface area contributed by atoms with E-state index in [2.05, 4.69) is 146 Å². The molecule has 0 spiro atoms. The molecule has 2 heterocycles. The molecule has 1 aliphatic carbocycles. The van der Waals surface area contributed by atoms with Gasteiger partial charge in [-0.1, -0.05) is 111 Å². The van der Waals surface area contributed by atoms with Crippen molar-refractivity contribution in [3.05, 3.63) is 151 Å². The summed E-state index contributed by atoms with van der Waals surface area (Å²) in [5.74, 6) is 0. The van der Waals surface area contributed by atoms with Crippen LogP contribution in [0.2, 0.25) is 0 Å². The van der Waals surface area contributed by atoms with Crippen LogP contribution in [0.1, 0.15) is 25.0 Å². The van der Waals surface area contributed by atoms with Crippen molar-refractivity contribution in [2.75, 3.05) is 4.90 Å². The minimum atomic E-state index is -0.140.